The van der Waals surface area contributed by atoms with E-state index in [4.69, 9.17) is 5.26 Å². The number of likely N-dealkylation sites (N-methyl/N-ethyl adjacent to an activating group) is 2. The fourth-order valence-corrected chi connectivity index (χ4v) is 2.63. The Morgan fingerprint density at radius 2 is 2.09 bits per heavy atom. The highest BCUT2D eigenvalue weighted by atomic mass is 16.2. The maximum atomic E-state index is 12.6. The Balaban J connectivity index is 1.95. The van der Waals surface area contributed by atoms with Crippen LogP contribution in [0.25, 0.3) is 0 Å². The summed E-state index contributed by atoms with van der Waals surface area (Å²) in [6.07, 6.45) is 1.54. The van der Waals surface area contributed by atoms with Crippen LogP contribution in [0.2, 0.25) is 0 Å². The SMILES string of the molecule is CN1C(=O)N(Cc2ccccc2C#N)C(=O)C2C1=NC=[N+]2C. The van der Waals surface area contributed by atoms with Gasteiger partial charge in [-0.2, -0.15) is 5.26 Å². The Labute approximate surface area is 127 Å². The first-order chi connectivity index (χ1) is 10.5. The summed E-state index contributed by atoms with van der Waals surface area (Å²) in [5.74, 6) is 0.105. The van der Waals surface area contributed by atoms with Gasteiger partial charge in [0.25, 0.3) is 24.1 Å². The Morgan fingerprint density at radius 3 is 2.82 bits per heavy atom. The van der Waals surface area contributed by atoms with Crippen LogP contribution in [-0.2, 0) is 11.3 Å². The van der Waals surface area contributed by atoms with E-state index in [0.717, 1.165) is 4.90 Å². The van der Waals surface area contributed by atoms with Crippen LogP contribution in [0, 0.1) is 11.3 Å². The normalized spacial score (nSPS) is 20.5. The first kappa shape index (κ1) is 13.9. The van der Waals surface area contributed by atoms with E-state index in [1.807, 2.05) is 0 Å². The van der Waals surface area contributed by atoms with Crippen molar-refractivity contribution in [3.8, 4) is 6.07 Å². The molecule has 0 radical (unpaired) electrons. The number of carbonyl (C=O) groups excluding carboxylic acids is 2. The van der Waals surface area contributed by atoms with Gasteiger partial charge in [0.05, 0.1) is 25.2 Å². The topological polar surface area (TPSA) is 79.8 Å². The zero-order valence-electron chi connectivity index (χ0n) is 12.2. The average molecular weight is 296 g/mol. The van der Waals surface area contributed by atoms with E-state index in [0.29, 0.717) is 17.0 Å². The van der Waals surface area contributed by atoms with E-state index in [2.05, 4.69) is 11.1 Å². The number of urea groups is 1. The van der Waals surface area contributed by atoms with Gasteiger partial charge in [-0.15, -0.1) is 0 Å². The summed E-state index contributed by atoms with van der Waals surface area (Å²) in [5, 5.41) is 9.14. The largest absolute Gasteiger partial charge is 0.334 e. The minimum absolute atomic E-state index is 0.0728. The number of imide groups is 1. The second-order valence-electron chi connectivity index (χ2n) is 5.21. The summed E-state index contributed by atoms with van der Waals surface area (Å²) >= 11 is 0. The zero-order valence-corrected chi connectivity index (χ0v) is 12.2. The highest BCUT2D eigenvalue weighted by molar-refractivity contribution is 6.21. The Kier molecular flexibility index (Phi) is 3.22. The fraction of sp³-hybridized carbons (Fsp3) is 0.267. The molecule has 2 aliphatic rings. The summed E-state index contributed by atoms with van der Waals surface area (Å²) in [6, 6.07) is 8.00. The van der Waals surface area contributed by atoms with Crippen LogP contribution in [0.15, 0.2) is 29.3 Å². The summed E-state index contributed by atoms with van der Waals surface area (Å²) in [4.78, 5) is 31.7. The van der Waals surface area contributed by atoms with Crippen LogP contribution in [0.3, 0.4) is 0 Å². The predicted octanol–water partition coefficient (Wildman–Crippen LogP) is 0.404. The van der Waals surface area contributed by atoms with Crippen molar-refractivity contribution in [1.82, 2.24) is 9.80 Å². The van der Waals surface area contributed by atoms with Crippen LogP contribution < -0.4 is 0 Å². The Morgan fingerprint density at radius 1 is 1.36 bits per heavy atom. The number of fused-ring (bicyclic) bond motifs is 1. The average Bonchev–Trinajstić information content (AvgIpc) is 2.92. The molecule has 0 saturated carbocycles. The quantitative estimate of drug-likeness (QED) is 0.741. The van der Waals surface area contributed by atoms with Crippen LogP contribution in [-0.4, -0.2) is 58.6 Å². The monoisotopic (exact) mass is 296 g/mol. The maximum absolute atomic E-state index is 12.6. The number of nitriles is 1. The third-order valence-corrected chi connectivity index (χ3v) is 3.85. The van der Waals surface area contributed by atoms with E-state index in [9.17, 15) is 9.59 Å². The number of hydrogen-bond acceptors (Lipinski definition) is 4. The first-order valence-corrected chi connectivity index (χ1v) is 6.74. The van der Waals surface area contributed by atoms with Gasteiger partial charge in [-0.1, -0.05) is 18.2 Å². The summed E-state index contributed by atoms with van der Waals surface area (Å²) in [7, 11) is 3.33. The van der Waals surface area contributed by atoms with E-state index < -0.39 is 12.1 Å². The summed E-state index contributed by atoms with van der Waals surface area (Å²) < 4.78 is 1.67. The molecule has 0 spiro atoms. The van der Waals surface area contributed by atoms with E-state index >= 15 is 0 Å². The van der Waals surface area contributed by atoms with Gasteiger partial charge >= 0.3 is 6.03 Å². The van der Waals surface area contributed by atoms with Gasteiger partial charge in [0.2, 0.25) is 0 Å². The van der Waals surface area contributed by atoms with Crippen LogP contribution in [0.1, 0.15) is 11.1 Å². The molecule has 1 fully saturated rings. The molecule has 1 atom stereocenters. The van der Waals surface area contributed by atoms with Crippen molar-refractivity contribution < 1.29 is 14.2 Å². The van der Waals surface area contributed by atoms with Crippen molar-refractivity contribution in [2.45, 2.75) is 12.6 Å². The van der Waals surface area contributed by atoms with Crippen LogP contribution in [0.4, 0.5) is 4.79 Å². The number of carbonyl (C=O) groups is 2. The predicted molar refractivity (Wildman–Crippen MR) is 78.3 cm³/mol. The van der Waals surface area contributed by atoms with Gasteiger partial charge in [0.1, 0.15) is 0 Å². The molecule has 0 bridgehead atoms. The Bertz CT molecular complexity index is 774. The van der Waals surface area contributed by atoms with Gasteiger partial charge in [-0.25, -0.2) is 9.37 Å². The number of rotatable bonds is 2. The molecule has 2 heterocycles. The van der Waals surface area contributed by atoms with Crippen molar-refractivity contribution in [2.24, 2.45) is 4.99 Å². The van der Waals surface area contributed by atoms with E-state index in [-0.39, 0.29) is 12.5 Å². The van der Waals surface area contributed by atoms with Crippen molar-refractivity contribution >= 4 is 24.1 Å². The number of nitrogens with zero attached hydrogens (tertiary/aromatic N) is 5. The molecule has 110 valence electrons. The summed E-state index contributed by atoms with van der Waals surface area (Å²) in [6.45, 7) is 0.0728. The molecule has 1 unspecified atom stereocenters. The smallest absolute Gasteiger partial charge is 0.269 e. The lowest BCUT2D eigenvalue weighted by Crippen LogP contribution is -2.61. The minimum atomic E-state index is -0.586. The lowest BCUT2D eigenvalue weighted by atomic mass is 10.1. The molecule has 7 heteroatoms. The molecule has 1 aromatic rings. The Hall–Kier alpha value is -3.01. The molecule has 3 amide bonds. The van der Waals surface area contributed by atoms with Crippen molar-refractivity contribution in [3.05, 3.63) is 35.4 Å². The van der Waals surface area contributed by atoms with Gasteiger partial charge in [0, 0.05) is 7.05 Å². The molecular formula is C15H14N5O2+. The molecule has 0 aromatic heterocycles. The highest BCUT2D eigenvalue weighted by Gasteiger charge is 2.50. The molecule has 22 heavy (non-hydrogen) atoms. The molecule has 1 saturated heterocycles. The van der Waals surface area contributed by atoms with Gasteiger partial charge in [-0.3, -0.25) is 14.6 Å². The van der Waals surface area contributed by atoms with Crippen molar-refractivity contribution in [2.75, 3.05) is 14.1 Å². The molecule has 1 aromatic carbocycles. The molecule has 0 N–H and O–H groups in total. The fourth-order valence-electron chi connectivity index (χ4n) is 2.63. The number of benzene rings is 1. The van der Waals surface area contributed by atoms with Crippen molar-refractivity contribution in [1.29, 1.82) is 5.26 Å². The van der Waals surface area contributed by atoms with Crippen LogP contribution in [0.5, 0.6) is 0 Å². The molecular weight excluding hydrogens is 282 g/mol. The maximum Gasteiger partial charge on any atom is 0.334 e. The van der Waals surface area contributed by atoms with Gasteiger partial charge < -0.3 is 0 Å². The lowest BCUT2D eigenvalue weighted by molar-refractivity contribution is -0.501. The second kappa shape index (κ2) is 5.07. The zero-order chi connectivity index (χ0) is 15.9. The molecule has 2 aliphatic heterocycles. The number of aliphatic imine (C=N–C) groups is 1. The number of amides is 3. The number of hydrogen-bond donors (Lipinski definition) is 0. The van der Waals surface area contributed by atoms with Crippen molar-refractivity contribution in [3.63, 3.8) is 0 Å². The van der Waals surface area contributed by atoms with Crippen LogP contribution >= 0.6 is 0 Å². The standard InChI is InChI=1S/C15H14N5O2/c1-18-9-17-13-12(18)14(21)20(15(22)19(13)2)8-11-6-4-3-5-10(11)7-16/h3-6,9,12H,8H2,1-2H3/q+1. The third-order valence-electron chi connectivity index (χ3n) is 3.85. The van der Waals surface area contributed by atoms with Gasteiger partial charge in [-0.05, 0) is 16.6 Å². The van der Waals surface area contributed by atoms with E-state index in [1.165, 1.54) is 11.2 Å². The molecule has 0 aliphatic carbocycles. The lowest BCUT2D eigenvalue weighted by Gasteiger charge is -2.32. The van der Waals surface area contributed by atoms with Gasteiger partial charge in [0.15, 0.2) is 0 Å². The first-order valence-electron chi connectivity index (χ1n) is 6.74. The highest BCUT2D eigenvalue weighted by Crippen LogP contribution is 2.20. The minimum Gasteiger partial charge on any atom is -0.269 e. The summed E-state index contributed by atoms with van der Waals surface area (Å²) in [5.41, 5.74) is 1.10. The second-order valence-corrected chi connectivity index (χ2v) is 5.21. The number of amidine groups is 1. The molecule has 3 rings (SSSR count). The molecule has 7 nitrogen and oxygen atoms in total. The third kappa shape index (κ3) is 1.97. The van der Waals surface area contributed by atoms with E-state index in [1.54, 1.807) is 42.9 Å².